The number of hydrogen-bond acceptors (Lipinski definition) is 4. The zero-order valence-electron chi connectivity index (χ0n) is 9.46. The van der Waals surface area contributed by atoms with Crippen LogP contribution < -0.4 is 0 Å². The van der Waals surface area contributed by atoms with Gasteiger partial charge in [-0.1, -0.05) is 0 Å². The van der Waals surface area contributed by atoms with Gasteiger partial charge in [0.1, 0.15) is 6.61 Å². The Balaban J connectivity index is 3.47. The number of nitrogens with zero attached hydrogens (tertiary/aromatic N) is 1. The first-order chi connectivity index (χ1) is 7.35. The first kappa shape index (κ1) is 15.6. The zero-order chi connectivity index (χ0) is 12.6. The summed E-state index contributed by atoms with van der Waals surface area (Å²) in [4.78, 5) is 1.68. The number of methoxy groups -OCH3 is 1. The van der Waals surface area contributed by atoms with E-state index < -0.39 is 18.9 Å². The Morgan fingerprint density at radius 1 is 1.38 bits per heavy atom. The van der Waals surface area contributed by atoms with E-state index in [4.69, 9.17) is 4.74 Å². The smallest absolute Gasteiger partial charge is 0.389 e. The van der Waals surface area contributed by atoms with Crippen LogP contribution in [-0.2, 0) is 9.47 Å². The van der Waals surface area contributed by atoms with Crippen molar-refractivity contribution in [3.8, 4) is 0 Å². The largest absolute Gasteiger partial charge is 0.411 e. The second-order valence-electron chi connectivity index (χ2n) is 3.54. The molecule has 0 saturated heterocycles. The minimum atomic E-state index is -4.28. The van der Waals surface area contributed by atoms with Gasteiger partial charge in [0.05, 0.1) is 19.3 Å². The van der Waals surface area contributed by atoms with Crippen molar-refractivity contribution >= 4 is 0 Å². The van der Waals surface area contributed by atoms with Crippen LogP contribution in [0.15, 0.2) is 0 Å². The number of rotatable bonds is 8. The van der Waals surface area contributed by atoms with Crippen LogP contribution in [0, 0.1) is 0 Å². The summed E-state index contributed by atoms with van der Waals surface area (Å²) in [5.41, 5.74) is 0. The van der Waals surface area contributed by atoms with Crippen molar-refractivity contribution in [1.29, 1.82) is 0 Å². The maximum Gasteiger partial charge on any atom is 0.411 e. The molecule has 0 aromatic rings. The molecule has 0 aliphatic rings. The van der Waals surface area contributed by atoms with E-state index in [2.05, 4.69) is 4.74 Å². The molecule has 0 heterocycles. The highest BCUT2D eigenvalue weighted by molar-refractivity contribution is 4.60. The molecule has 98 valence electrons. The predicted octanol–water partition coefficient (Wildman–Crippen LogP) is 0.504. The number of ether oxygens (including phenoxy) is 2. The van der Waals surface area contributed by atoms with Gasteiger partial charge < -0.3 is 19.5 Å². The van der Waals surface area contributed by atoms with Gasteiger partial charge >= 0.3 is 6.18 Å². The molecule has 0 saturated carbocycles. The molecule has 0 bridgehead atoms. The Morgan fingerprint density at radius 2 is 2.00 bits per heavy atom. The summed E-state index contributed by atoms with van der Waals surface area (Å²) >= 11 is 0. The van der Waals surface area contributed by atoms with Crippen molar-refractivity contribution in [3.63, 3.8) is 0 Å². The third-order valence-corrected chi connectivity index (χ3v) is 1.76. The summed E-state index contributed by atoms with van der Waals surface area (Å²) in [6.45, 7) is -0.384. The number of halogens is 3. The van der Waals surface area contributed by atoms with Gasteiger partial charge in [-0.25, -0.2) is 0 Å². The molecular formula is C9H18F3NO3. The lowest BCUT2D eigenvalue weighted by atomic mass is 10.3. The van der Waals surface area contributed by atoms with Gasteiger partial charge in [0, 0.05) is 20.2 Å². The highest BCUT2D eigenvalue weighted by Gasteiger charge is 2.27. The van der Waals surface area contributed by atoms with Gasteiger partial charge in [-0.15, -0.1) is 0 Å². The lowest BCUT2D eigenvalue weighted by Crippen LogP contribution is -2.34. The van der Waals surface area contributed by atoms with Crippen LogP contribution in [0.2, 0.25) is 0 Å². The second kappa shape index (κ2) is 7.83. The summed E-state index contributed by atoms with van der Waals surface area (Å²) in [6.07, 6.45) is -4.92. The number of alkyl halides is 3. The minimum Gasteiger partial charge on any atom is -0.389 e. The summed E-state index contributed by atoms with van der Waals surface area (Å²) in [6, 6.07) is 0. The van der Waals surface area contributed by atoms with Crippen LogP contribution in [0.5, 0.6) is 0 Å². The topological polar surface area (TPSA) is 41.9 Å². The van der Waals surface area contributed by atoms with Gasteiger partial charge in [0.15, 0.2) is 0 Å². The summed E-state index contributed by atoms with van der Waals surface area (Å²) in [5, 5.41) is 9.32. The highest BCUT2D eigenvalue weighted by atomic mass is 19.4. The highest BCUT2D eigenvalue weighted by Crippen LogP contribution is 2.14. The lowest BCUT2D eigenvalue weighted by Gasteiger charge is -2.20. The van der Waals surface area contributed by atoms with Gasteiger partial charge in [-0.3, -0.25) is 0 Å². The molecule has 7 heteroatoms. The maximum absolute atomic E-state index is 11.7. The van der Waals surface area contributed by atoms with E-state index in [1.807, 2.05) is 0 Å². The third-order valence-electron chi connectivity index (χ3n) is 1.76. The van der Waals surface area contributed by atoms with Crippen molar-refractivity contribution in [2.24, 2.45) is 0 Å². The maximum atomic E-state index is 11.7. The lowest BCUT2D eigenvalue weighted by molar-refractivity contribution is -0.174. The summed E-state index contributed by atoms with van der Waals surface area (Å²) in [5.74, 6) is 0. The average Bonchev–Trinajstić information content (AvgIpc) is 2.11. The fourth-order valence-corrected chi connectivity index (χ4v) is 1.10. The van der Waals surface area contributed by atoms with Crippen molar-refractivity contribution in [2.45, 2.75) is 12.3 Å². The molecule has 0 aliphatic carbocycles. The SMILES string of the molecule is COCC(O)CN(C)CCOCC(F)(F)F. The van der Waals surface area contributed by atoms with Crippen LogP contribution in [0.4, 0.5) is 13.2 Å². The zero-order valence-corrected chi connectivity index (χ0v) is 9.46. The summed E-state index contributed by atoms with van der Waals surface area (Å²) < 4.78 is 44.2. The molecule has 4 nitrogen and oxygen atoms in total. The Labute approximate surface area is 92.9 Å². The monoisotopic (exact) mass is 245 g/mol. The second-order valence-corrected chi connectivity index (χ2v) is 3.54. The predicted molar refractivity (Wildman–Crippen MR) is 52.3 cm³/mol. The third kappa shape index (κ3) is 10.2. The first-order valence-electron chi connectivity index (χ1n) is 4.85. The Hall–Kier alpha value is -0.370. The minimum absolute atomic E-state index is 0.0181. The quantitative estimate of drug-likeness (QED) is 0.632. The van der Waals surface area contributed by atoms with E-state index in [-0.39, 0.29) is 13.2 Å². The van der Waals surface area contributed by atoms with E-state index >= 15 is 0 Å². The molecule has 0 amide bonds. The van der Waals surface area contributed by atoms with Gasteiger partial charge in [0.2, 0.25) is 0 Å². The van der Waals surface area contributed by atoms with Crippen molar-refractivity contribution in [3.05, 3.63) is 0 Å². The van der Waals surface area contributed by atoms with Crippen LogP contribution in [0.25, 0.3) is 0 Å². The van der Waals surface area contributed by atoms with E-state index in [1.165, 1.54) is 7.11 Å². The summed E-state index contributed by atoms with van der Waals surface area (Å²) in [7, 11) is 3.16. The Bertz CT molecular complexity index is 178. The molecule has 0 aliphatic heterocycles. The van der Waals surface area contributed by atoms with Gasteiger partial charge in [-0.2, -0.15) is 13.2 Å². The van der Waals surface area contributed by atoms with Crippen LogP contribution in [-0.4, -0.2) is 69.4 Å². The standard InChI is InChI=1S/C9H18F3NO3/c1-13(5-8(14)6-15-2)3-4-16-7-9(10,11)12/h8,14H,3-7H2,1-2H3. The van der Waals surface area contributed by atoms with Crippen molar-refractivity contribution in [2.75, 3.05) is 47.1 Å². The molecule has 1 N–H and O–H groups in total. The molecule has 0 aromatic carbocycles. The molecular weight excluding hydrogens is 227 g/mol. The Morgan fingerprint density at radius 3 is 2.50 bits per heavy atom. The van der Waals surface area contributed by atoms with Gasteiger partial charge in [0.25, 0.3) is 0 Å². The molecule has 0 fully saturated rings. The fourth-order valence-electron chi connectivity index (χ4n) is 1.10. The normalized spacial score (nSPS) is 14.4. The van der Waals surface area contributed by atoms with Crippen LogP contribution >= 0.6 is 0 Å². The Kier molecular flexibility index (Phi) is 7.65. The van der Waals surface area contributed by atoms with E-state index in [1.54, 1.807) is 11.9 Å². The number of hydrogen-bond donors (Lipinski definition) is 1. The molecule has 16 heavy (non-hydrogen) atoms. The molecule has 0 spiro atoms. The van der Waals surface area contributed by atoms with Crippen LogP contribution in [0.1, 0.15) is 0 Å². The van der Waals surface area contributed by atoms with Gasteiger partial charge in [-0.05, 0) is 7.05 Å². The number of aliphatic hydroxyl groups excluding tert-OH is 1. The molecule has 0 radical (unpaired) electrons. The molecule has 0 aromatic heterocycles. The average molecular weight is 245 g/mol. The van der Waals surface area contributed by atoms with Crippen molar-refractivity contribution < 1.29 is 27.8 Å². The van der Waals surface area contributed by atoms with Crippen molar-refractivity contribution in [1.82, 2.24) is 4.90 Å². The van der Waals surface area contributed by atoms with Crippen LogP contribution in [0.3, 0.4) is 0 Å². The molecule has 1 atom stereocenters. The molecule has 1 unspecified atom stereocenters. The molecule has 0 rings (SSSR count). The number of likely N-dealkylation sites (N-methyl/N-ethyl adjacent to an activating group) is 1. The number of aliphatic hydroxyl groups is 1. The first-order valence-corrected chi connectivity index (χ1v) is 4.85. The fraction of sp³-hybridized carbons (Fsp3) is 1.00. The van der Waals surface area contributed by atoms with E-state index in [9.17, 15) is 18.3 Å². The van der Waals surface area contributed by atoms with E-state index in [0.29, 0.717) is 13.1 Å². The van der Waals surface area contributed by atoms with E-state index in [0.717, 1.165) is 0 Å².